The number of aromatic nitrogens is 1. The molecule has 1 aromatic carbocycles. The van der Waals surface area contributed by atoms with Crippen molar-refractivity contribution < 1.29 is 9.53 Å². The Hall–Kier alpha value is -2.21. The topological polar surface area (TPSA) is 54.5 Å². The van der Waals surface area contributed by atoms with Gasteiger partial charge in [0, 0.05) is 37.3 Å². The molecule has 138 valence electrons. The van der Waals surface area contributed by atoms with Gasteiger partial charge in [0.05, 0.1) is 12.7 Å². The van der Waals surface area contributed by atoms with Crippen molar-refractivity contribution in [2.75, 3.05) is 43.1 Å². The van der Waals surface area contributed by atoms with Crippen LogP contribution in [-0.4, -0.2) is 49.1 Å². The third-order valence-corrected chi connectivity index (χ3v) is 5.37. The number of anilines is 1. The molecule has 0 atom stereocenters. The van der Waals surface area contributed by atoms with E-state index in [2.05, 4.69) is 27.3 Å². The van der Waals surface area contributed by atoms with Gasteiger partial charge >= 0.3 is 0 Å². The fourth-order valence-electron chi connectivity index (χ4n) is 2.89. The molecule has 5 nitrogen and oxygen atoms in total. The Bertz CT molecular complexity index is 698. The van der Waals surface area contributed by atoms with Crippen molar-refractivity contribution in [1.29, 1.82) is 0 Å². The minimum atomic E-state index is -0.0621. The molecule has 1 fully saturated rings. The van der Waals surface area contributed by atoms with Crippen LogP contribution in [0.1, 0.15) is 22.3 Å². The van der Waals surface area contributed by atoms with Crippen molar-refractivity contribution >= 4 is 23.5 Å². The van der Waals surface area contributed by atoms with E-state index in [1.54, 1.807) is 13.3 Å². The highest BCUT2D eigenvalue weighted by Gasteiger charge is 2.13. The highest BCUT2D eigenvalue weighted by molar-refractivity contribution is 7.99. The number of nitrogens with zero attached hydrogens (tertiary/aromatic N) is 2. The molecule has 26 heavy (non-hydrogen) atoms. The van der Waals surface area contributed by atoms with E-state index in [0.717, 1.165) is 49.0 Å². The van der Waals surface area contributed by atoms with Gasteiger partial charge in [-0.2, -0.15) is 11.8 Å². The maximum Gasteiger partial charge on any atom is 0.252 e. The first kappa shape index (κ1) is 18.6. The van der Waals surface area contributed by atoms with Crippen LogP contribution >= 0.6 is 11.8 Å². The Morgan fingerprint density at radius 2 is 1.96 bits per heavy atom. The van der Waals surface area contributed by atoms with E-state index in [1.165, 1.54) is 5.56 Å². The number of benzene rings is 1. The summed E-state index contributed by atoms with van der Waals surface area (Å²) in [7, 11) is 1.66. The standard InChI is InChI=1S/C20H25N3O2S/c1-25-18-7-4-16(5-8-18)3-2-10-21-20(24)17-6-9-19(22-15-17)23-11-13-26-14-12-23/h4-9,15H,2-3,10-14H2,1H3,(H,21,24). The number of aryl methyl sites for hydroxylation is 1. The van der Waals surface area contributed by atoms with E-state index in [-0.39, 0.29) is 5.91 Å². The summed E-state index contributed by atoms with van der Waals surface area (Å²) in [6, 6.07) is 11.8. The molecular formula is C20H25N3O2S. The zero-order chi connectivity index (χ0) is 18.2. The third kappa shape index (κ3) is 5.14. The van der Waals surface area contributed by atoms with Gasteiger partial charge in [0.2, 0.25) is 0 Å². The Balaban J connectivity index is 1.42. The molecule has 1 N–H and O–H groups in total. The maximum atomic E-state index is 12.2. The Morgan fingerprint density at radius 3 is 2.62 bits per heavy atom. The Labute approximate surface area is 159 Å². The second-order valence-corrected chi connectivity index (χ2v) is 7.44. The number of hydrogen-bond acceptors (Lipinski definition) is 5. The first-order valence-electron chi connectivity index (χ1n) is 8.96. The van der Waals surface area contributed by atoms with Crippen molar-refractivity contribution in [3.63, 3.8) is 0 Å². The number of thioether (sulfide) groups is 1. The van der Waals surface area contributed by atoms with Crippen molar-refractivity contribution in [2.45, 2.75) is 12.8 Å². The van der Waals surface area contributed by atoms with Gasteiger partial charge in [-0.25, -0.2) is 4.98 Å². The van der Waals surface area contributed by atoms with Crippen LogP contribution in [0.3, 0.4) is 0 Å². The molecule has 0 spiro atoms. The summed E-state index contributed by atoms with van der Waals surface area (Å²) < 4.78 is 5.16. The van der Waals surface area contributed by atoms with Gasteiger partial charge < -0.3 is 15.0 Å². The second-order valence-electron chi connectivity index (χ2n) is 6.21. The van der Waals surface area contributed by atoms with E-state index in [4.69, 9.17) is 4.74 Å². The summed E-state index contributed by atoms with van der Waals surface area (Å²) in [6.07, 6.45) is 3.50. The highest BCUT2D eigenvalue weighted by atomic mass is 32.2. The van der Waals surface area contributed by atoms with Crippen LogP contribution in [0, 0.1) is 0 Å². The minimum Gasteiger partial charge on any atom is -0.497 e. The van der Waals surface area contributed by atoms with Crippen molar-refractivity contribution in [3.05, 3.63) is 53.7 Å². The molecule has 1 amide bonds. The number of methoxy groups -OCH3 is 1. The molecule has 1 aliphatic rings. The number of pyridine rings is 1. The van der Waals surface area contributed by atoms with Gasteiger partial charge in [0.15, 0.2) is 0 Å². The zero-order valence-electron chi connectivity index (χ0n) is 15.1. The van der Waals surface area contributed by atoms with Gasteiger partial charge in [-0.05, 0) is 42.7 Å². The van der Waals surface area contributed by atoms with Crippen LogP contribution < -0.4 is 15.0 Å². The van der Waals surface area contributed by atoms with E-state index in [0.29, 0.717) is 12.1 Å². The summed E-state index contributed by atoms with van der Waals surface area (Å²) in [5.74, 6) is 4.03. The van der Waals surface area contributed by atoms with E-state index < -0.39 is 0 Å². The number of carbonyl (C=O) groups excluding carboxylic acids is 1. The number of amides is 1. The van der Waals surface area contributed by atoms with Crippen LogP contribution in [0.2, 0.25) is 0 Å². The van der Waals surface area contributed by atoms with Gasteiger partial charge in [0.1, 0.15) is 11.6 Å². The maximum absolute atomic E-state index is 12.2. The zero-order valence-corrected chi connectivity index (χ0v) is 15.9. The molecule has 1 saturated heterocycles. The largest absolute Gasteiger partial charge is 0.497 e. The molecule has 0 bridgehead atoms. The summed E-state index contributed by atoms with van der Waals surface area (Å²) in [6.45, 7) is 2.69. The van der Waals surface area contributed by atoms with E-state index in [9.17, 15) is 4.79 Å². The molecule has 0 aliphatic carbocycles. The monoisotopic (exact) mass is 371 g/mol. The predicted octanol–water partition coefficient (Wildman–Crippen LogP) is 3.01. The molecule has 1 aromatic heterocycles. The average Bonchev–Trinajstić information content (AvgIpc) is 2.72. The minimum absolute atomic E-state index is 0.0621. The lowest BCUT2D eigenvalue weighted by molar-refractivity contribution is 0.0953. The van der Waals surface area contributed by atoms with E-state index in [1.807, 2.05) is 36.0 Å². The first-order valence-corrected chi connectivity index (χ1v) is 10.1. The fraction of sp³-hybridized carbons (Fsp3) is 0.400. The van der Waals surface area contributed by atoms with Gasteiger partial charge in [-0.15, -0.1) is 0 Å². The van der Waals surface area contributed by atoms with Gasteiger partial charge in [-0.1, -0.05) is 12.1 Å². The fourth-order valence-corrected chi connectivity index (χ4v) is 3.79. The van der Waals surface area contributed by atoms with Crippen molar-refractivity contribution in [1.82, 2.24) is 10.3 Å². The molecular weight excluding hydrogens is 346 g/mol. The molecule has 2 heterocycles. The molecule has 3 rings (SSSR count). The lowest BCUT2D eigenvalue weighted by Crippen LogP contribution is -2.33. The number of rotatable bonds is 7. The van der Waals surface area contributed by atoms with Crippen LogP contribution in [0.5, 0.6) is 5.75 Å². The summed E-state index contributed by atoms with van der Waals surface area (Å²) in [4.78, 5) is 19.0. The number of nitrogens with one attached hydrogen (secondary N) is 1. The summed E-state index contributed by atoms with van der Waals surface area (Å²) in [5, 5.41) is 2.97. The average molecular weight is 372 g/mol. The number of ether oxygens (including phenoxy) is 1. The van der Waals surface area contributed by atoms with Crippen molar-refractivity contribution in [2.24, 2.45) is 0 Å². The quantitative estimate of drug-likeness (QED) is 0.759. The van der Waals surface area contributed by atoms with Crippen LogP contribution in [0.15, 0.2) is 42.6 Å². The van der Waals surface area contributed by atoms with E-state index >= 15 is 0 Å². The molecule has 0 unspecified atom stereocenters. The molecule has 0 radical (unpaired) electrons. The summed E-state index contributed by atoms with van der Waals surface area (Å²) in [5.41, 5.74) is 1.86. The normalized spacial score (nSPS) is 14.1. The third-order valence-electron chi connectivity index (χ3n) is 4.43. The Morgan fingerprint density at radius 1 is 1.19 bits per heavy atom. The van der Waals surface area contributed by atoms with Crippen molar-refractivity contribution in [3.8, 4) is 5.75 Å². The Kier molecular flexibility index (Phi) is 6.77. The lowest BCUT2D eigenvalue weighted by atomic mass is 10.1. The van der Waals surface area contributed by atoms with Crippen LogP contribution in [0.4, 0.5) is 5.82 Å². The summed E-state index contributed by atoms with van der Waals surface area (Å²) >= 11 is 1.97. The molecule has 6 heteroatoms. The molecule has 2 aromatic rings. The van der Waals surface area contributed by atoms with Crippen LogP contribution in [-0.2, 0) is 6.42 Å². The highest BCUT2D eigenvalue weighted by Crippen LogP contribution is 2.17. The first-order chi connectivity index (χ1) is 12.8. The lowest BCUT2D eigenvalue weighted by Gasteiger charge is -2.27. The van der Waals surface area contributed by atoms with Gasteiger partial charge in [-0.3, -0.25) is 4.79 Å². The SMILES string of the molecule is COc1ccc(CCCNC(=O)c2ccc(N3CCSCC3)nc2)cc1. The predicted molar refractivity (Wildman–Crippen MR) is 107 cm³/mol. The molecule has 1 aliphatic heterocycles. The number of hydrogen-bond donors (Lipinski definition) is 1. The smallest absolute Gasteiger partial charge is 0.252 e. The van der Waals surface area contributed by atoms with Crippen LogP contribution in [0.25, 0.3) is 0 Å². The number of carbonyl (C=O) groups is 1. The molecule has 0 saturated carbocycles. The second kappa shape index (κ2) is 9.48. The van der Waals surface area contributed by atoms with Gasteiger partial charge in [0.25, 0.3) is 5.91 Å².